The van der Waals surface area contributed by atoms with Gasteiger partial charge in [0.1, 0.15) is 5.15 Å². The van der Waals surface area contributed by atoms with Crippen molar-refractivity contribution in [1.29, 1.82) is 0 Å². The summed E-state index contributed by atoms with van der Waals surface area (Å²) in [6.07, 6.45) is 0. The molecule has 1 N–H and O–H groups in total. The number of aliphatic hydroxyl groups is 1. The van der Waals surface area contributed by atoms with E-state index in [1.54, 1.807) is 11.3 Å². The second-order valence-corrected chi connectivity index (χ2v) is 5.56. The number of aliphatic hydroxyl groups excluding tert-OH is 1. The molecule has 0 aromatic carbocycles. The third-order valence-corrected chi connectivity index (χ3v) is 4.42. The number of thiophene rings is 1. The number of hydrogen-bond acceptors (Lipinski definition) is 5. The molecule has 6 heteroatoms. The zero-order chi connectivity index (χ0) is 11.5. The molecule has 0 spiro atoms. The van der Waals surface area contributed by atoms with Gasteiger partial charge in [-0.1, -0.05) is 22.9 Å². The third kappa shape index (κ3) is 2.55. The van der Waals surface area contributed by atoms with Crippen molar-refractivity contribution in [2.45, 2.75) is 13.2 Å². The first-order chi connectivity index (χ1) is 7.70. The maximum Gasteiger partial charge on any atom is 0.187 e. The first-order valence-electron chi connectivity index (χ1n) is 4.69. The van der Waals surface area contributed by atoms with Gasteiger partial charge in [0, 0.05) is 13.6 Å². The van der Waals surface area contributed by atoms with E-state index in [2.05, 4.69) is 21.8 Å². The van der Waals surface area contributed by atoms with Crippen LogP contribution in [0, 0.1) is 0 Å². The second-order valence-electron chi connectivity index (χ2n) is 3.36. The highest BCUT2D eigenvalue weighted by Crippen LogP contribution is 2.29. The van der Waals surface area contributed by atoms with E-state index < -0.39 is 0 Å². The van der Waals surface area contributed by atoms with E-state index in [0.29, 0.717) is 10.0 Å². The molecule has 0 unspecified atom stereocenters. The standard InChI is InChI=1S/C10H11ClN2OS2/c1-13(4-7-2-3-15-6-7)10-12-9(11)8(5-14)16-10/h2-3,6,14H,4-5H2,1H3. The zero-order valence-corrected chi connectivity index (χ0v) is 11.1. The van der Waals surface area contributed by atoms with Crippen molar-refractivity contribution < 1.29 is 5.11 Å². The monoisotopic (exact) mass is 274 g/mol. The van der Waals surface area contributed by atoms with Crippen LogP contribution in [0.2, 0.25) is 5.15 Å². The van der Waals surface area contributed by atoms with Crippen LogP contribution in [0.15, 0.2) is 16.8 Å². The van der Waals surface area contributed by atoms with Crippen LogP contribution >= 0.6 is 34.3 Å². The molecule has 0 aliphatic heterocycles. The fourth-order valence-corrected chi connectivity index (χ4v) is 3.04. The highest BCUT2D eigenvalue weighted by molar-refractivity contribution is 7.16. The SMILES string of the molecule is CN(Cc1ccsc1)c1nc(Cl)c(CO)s1. The van der Waals surface area contributed by atoms with Crippen LogP contribution in [0.5, 0.6) is 0 Å². The molecule has 2 rings (SSSR count). The van der Waals surface area contributed by atoms with Crippen LogP contribution in [0.25, 0.3) is 0 Å². The highest BCUT2D eigenvalue weighted by atomic mass is 35.5. The summed E-state index contributed by atoms with van der Waals surface area (Å²) >= 11 is 8.99. The third-order valence-electron chi connectivity index (χ3n) is 2.11. The van der Waals surface area contributed by atoms with Crippen LogP contribution in [0.4, 0.5) is 5.13 Å². The lowest BCUT2D eigenvalue weighted by Crippen LogP contribution is -2.15. The maximum atomic E-state index is 9.04. The Hall–Kier alpha value is -0.620. The van der Waals surface area contributed by atoms with E-state index in [0.717, 1.165) is 11.7 Å². The fourth-order valence-electron chi connectivity index (χ4n) is 1.31. The molecule has 0 bridgehead atoms. The van der Waals surface area contributed by atoms with Crippen LogP contribution in [-0.2, 0) is 13.2 Å². The van der Waals surface area contributed by atoms with E-state index in [-0.39, 0.29) is 6.61 Å². The first kappa shape index (κ1) is 11.9. The van der Waals surface area contributed by atoms with Crippen LogP contribution in [0.3, 0.4) is 0 Å². The van der Waals surface area contributed by atoms with E-state index in [4.69, 9.17) is 16.7 Å². The van der Waals surface area contributed by atoms with Crippen molar-refractivity contribution in [3.63, 3.8) is 0 Å². The van der Waals surface area contributed by atoms with Crippen LogP contribution in [-0.4, -0.2) is 17.1 Å². The van der Waals surface area contributed by atoms with Gasteiger partial charge in [0.15, 0.2) is 5.13 Å². The number of thiazole rings is 1. The molecule has 3 nitrogen and oxygen atoms in total. The normalized spacial score (nSPS) is 10.7. The predicted octanol–water partition coefficient (Wildman–Crippen LogP) is 2.99. The van der Waals surface area contributed by atoms with Crippen molar-refractivity contribution in [3.05, 3.63) is 32.4 Å². The molecule has 2 aromatic rings. The number of anilines is 1. The molecule has 0 atom stereocenters. The van der Waals surface area contributed by atoms with Gasteiger partial charge in [-0.25, -0.2) is 4.98 Å². The first-order valence-corrected chi connectivity index (χ1v) is 6.82. The largest absolute Gasteiger partial charge is 0.391 e. The van der Waals surface area contributed by atoms with E-state index in [1.807, 2.05) is 11.9 Å². The second kappa shape index (κ2) is 5.14. The summed E-state index contributed by atoms with van der Waals surface area (Å²) in [5, 5.41) is 14.4. The average molecular weight is 275 g/mol. The Morgan fingerprint density at radius 2 is 2.38 bits per heavy atom. The molecule has 0 aliphatic rings. The van der Waals surface area contributed by atoms with Gasteiger partial charge in [-0.15, -0.1) is 0 Å². The minimum absolute atomic E-state index is 0.0528. The van der Waals surface area contributed by atoms with Gasteiger partial charge in [0.2, 0.25) is 0 Å². The zero-order valence-electron chi connectivity index (χ0n) is 8.68. The topological polar surface area (TPSA) is 36.4 Å². The molecule has 0 radical (unpaired) electrons. The molecule has 86 valence electrons. The van der Waals surface area contributed by atoms with Gasteiger partial charge >= 0.3 is 0 Å². The smallest absolute Gasteiger partial charge is 0.187 e. The molecule has 0 saturated heterocycles. The van der Waals surface area contributed by atoms with E-state index in [1.165, 1.54) is 16.9 Å². The molecule has 0 saturated carbocycles. The summed E-state index contributed by atoms with van der Waals surface area (Å²) in [5.41, 5.74) is 1.25. The summed E-state index contributed by atoms with van der Waals surface area (Å²) in [5.74, 6) is 0. The molecule has 2 heterocycles. The quantitative estimate of drug-likeness (QED) is 0.931. The summed E-state index contributed by atoms with van der Waals surface area (Å²) in [7, 11) is 1.97. The van der Waals surface area contributed by atoms with Gasteiger partial charge in [-0.2, -0.15) is 11.3 Å². The predicted molar refractivity (Wildman–Crippen MR) is 69.5 cm³/mol. The Morgan fingerprint density at radius 3 is 2.94 bits per heavy atom. The number of aromatic nitrogens is 1. The van der Waals surface area contributed by atoms with Gasteiger partial charge in [0.25, 0.3) is 0 Å². The molecular weight excluding hydrogens is 264 g/mol. The summed E-state index contributed by atoms with van der Waals surface area (Å²) in [6, 6.07) is 2.09. The Labute approximate surface area is 107 Å². The van der Waals surface area contributed by atoms with Crippen molar-refractivity contribution in [2.24, 2.45) is 0 Å². The number of hydrogen-bond donors (Lipinski definition) is 1. The lowest BCUT2D eigenvalue weighted by Gasteiger charge is -2.14. The van der Waals surface area contributed by atoms with Crippen molar-refractivity contribution in [2.75, 3.05) is 11.9 Å². The van der Waals surface area contributed by atoms with Gasteiger partial charge in [-0.3, -0.25) is 0 Å². The van der Waals surface area contributed by atoms with Crippen molar-refractivity contribution in [1.82, 2.24) is 4.98 Å². The summed E-state index contributed by atoms with van der Waals surface area (Å²) in [6.45, 7) is 0.751. The van der Waals surface area contributed by atoms with Gasteiger partial charge in [0.05, 0.1) is 11.5 Å². The average Bonchev–Trinajstić information content (AvgIpc) is 2.87. The lowest BCUT2D eigenvalue weighted by molar-refractivity contribution is 0.285. The van der Waals surface area contributed by atoms with Gasteiger partial charge < -0.3 is 10.0 Å². The van der Waals surface area contributed by atoms with E-state index >= 15 is 0 Å². The molecule has 2 aromatic heterocycles. The van der Waals surface area contributed by atoms with Gasteiger partial charge in [-0.05, 0) is 22.4 Å². The maximum absolute atomic E-state index is 9.04. The lowest BCUT2D eigenvalue weighted by atomic mass is 10.3. The van der Waals surface area contributed by atoms with Crippen LogP contribution in [0.1, 0.15) is 10.4 Å². The minimum atomic E-state index is -0.0528. The summed E-state index contributed by atoms with van der Waals surface area (Å²) < 4.78 is 0. The molecule has 0 aliphatic carbocycles. The molecule has 0 fully saturated rings. The molecule has 16 heavy (non-hydrogen) atoms. The fraction of sp³-hybridized carbons (Fsp3) is 0.300. The Morgan fingerprint density at radius 1 is 1.56 bits per heavy atom. The van der Waals surface area contributed by atoms with E-state index in [9.17, 15) is 0 Å². The van der Waals surface area contributed by atoms with Crippen LogP contribution < -0.4 is 4.90 Å². The Kier molecular flexibility index (Phi) is 3.81. The minimum Gasteiger partial charge on any atom is -0.391 e. The van der Waals surface area contributed by atoms with Crippen molar-refractivity contribution in [3.8, 4) is 0 Å². The highest BCUT2D eigenvalue weighted by Gasteiger charge is 2.12. The number of nitrogens with zero attached hydrogens (tertiary/aromatic N) is 2. The number of rotatable bonds is 4. The molecular formula is C10H11ClN2OS2. The Balaban J connectivity index is 2.11. The molecule has 0 amide bonds. The Bertz CT molecular complexity index is 455. The van der Waals surface area contributed by atoms with Crippen molar-refractivity contribution >= 4 is 39.4 Å². The summed E-state index contributed by atoms with van der Waals surface area (Å²) in [4.78, 5) is 6.96. The number of halogens is 1.